The van der Waals surface area contributed by atoms with Crippen molar-refractivity contribution >= 4 is 60.6 Å². The summed E-state index contributed by atoms with van der Waals surface area (Å²) >= 11 is 0. The number of hydrogen-bond acceptors (Lipinski definition) is 22. The number of ether oxygens (including phenoxy) is 3. The fourth-order valence-electron chi connectivity index (χ4n) is 7.40. The molecule has 65 heavy (non-hydrogen) atoms. The van der Waals surface area contributed by atoms with Crippen LogP contribution in [0.5, 0.6) is 0 Å². The van der Waals surface area contributed by atoms with E-state index in [9.17, 15) is 63.3 Å². The molecule has 0 aromatic heterocycles. The Bertz CT molecular complexity index is 1610. The molecule has 26 heteroatoms. The lowest BCUT2D eigenvalue weighted by Crippen LogP contribution is -2.53. The molecule has 26 nitrogen and oxygen atoms in total. The molecule has 4 aliphatic rings. The van der Waals surface area contributed by atoms with Crippen molar-refractivity contribution in [1.29, 1.82) is 0 Å². The number of aliphatic carboxylic acids is 3. The lowest BCUT2D eigenvalue weighted by Gasteiger charge is -2.36. The minimum absolute atomic E-state index is 0.0109. The number of likely N-dealkylation sites (N-methyl/N-ethyl adjacent to an activating group) is 1. The first kappa shape index (κ1) is 54.1. The molecule has 0 aromatic rings. The highest BCUT2D eigenvalue weighted by Gasteiger charge is 2.35. The predicted molar refractivity (Wildman–Crippen MR) is 221 cm³/mol. The Morgan fingerprint density at radius 3 is 1.31 bits per heavy atom. The lowest BCUT2D eigenvalue weighted by molar-refractivity contribution is -0.198. The van der Waals surface area contributed by atoms with Crippen molar-refractivity contribution in [2.24, 2.45) is 0 Å². The minimum atomic E-state index is -1.01. The van der Waals surface area contributed by atoms with Crippen molar-refractivity contribution in [2.75, 3.05) is 151 Å². The topological polar surface area (TPSA) is 297 Å². The summed E-state index contributed by atoms with van der Waals surface area (Å²) in [7, 11) is 0. The second kappa shape index (κ2) is 29.3. The standard InChI is InChI=1S/C20H33N5O8.C19H30N4O9/c1-2-21-5-7-22(13-19(29)30)9-11-24(15-32-16-26)12-10-23(8-6-21)14-20(31)33-25-17(27)3-4-18(25)28;24-14-31-13-22-6-5-20(11-16(25)26)3-4-21(12-17(27)28)7-9-23(10-8-22)15-1-2-18(29)32-19(15)30/h16H,2-15H2,1H3,(H,29,30);14-15H,1-13H2,(H,25,26)(H,27,28). The van der Waals surface area contributed by atoms with Gasteiger partial charge in [-0.3, -0.25) is 72.7 Å². The Morgan fingerprint density at radius 2 is 0.923 bits per heavy atom. The molecule has 0 saturated carbocycles. The van der Waals surface area contributed by atoms with Crippen LogP contribution < -0.4 is 0 Å². The van der Waals surface area contributed by atoms with Gasteiger partial charge < -0.3 is 39.3 Å². The van der Waals surface area contributed by atoms with Gasteiger partial charge in [0, 0.05) is 124 Å². The Labute approximate surface area is 376 Å². The van der Waals surface area contributed by atoms with E-state index in [4.69, 9.17) is 19.0 Å². The second-order valence-corrected chi connectivity index (χ2v) is 15.7. The molecule has 3 N–H and O–H groups in total. The molecule has 4 rings (SSSR count). The van der Waals surface area contributed by atoms with E-state index >= 15 is 0 Å². The number of imide groups is 1. The van der Waals surface area contributed by atoms with Gasteiger partial charge in [0.15, 0.2) is 0 Å². The first-order valence-electron chi connectivity index (χ1n) is 21.5. The Morgan fingerprint density at radius 1 is 0.554 bits per heavy atom. The molecule has 366 valence electrons. The number of carboxylic acids is 3. The van der Waals surface area contributed by atoms with Crippen molar-refractivity contribution in [2.45, 2.75) is 38.6 Å². The summed E-state index contributed by atoms with van der Waals surface area (Å²) in [5.74, 6) is -5.83. The zero-order valence-corrected chi connectivity index (χ0v) is 36.9. The van der Waals surface area contributed by atoms with Crippen molar-refractivity contribution in [3.05, 3.63) is 0 Å². The first-order chi connectivity index (χ1) is 31.1. The fourth-order valence-corrected chi connectivity index (χ4v) is 7.40. The van der Waals surface area contributed by atoms with Crippen molar-refractivity contribution in [1.82, 2.24) is 44.3 Å². The van der Waals surface area contributed by atoms with E-state index in [2.05, 4.69) is 4.90 Å². The second-order valence-electron chi connectivity index (χ2n) is 15.7. The summed E-state index contributed by atoms with van der Waals surface area (Å²) in [6, 6.07) is -0.625. The van der Waals surface area contributed by atoms with E-state index < -0.39 is 53.7 Å². The molecule has 2 amide bonds. The number of rotatable bonds is 17. The molecule has 0 spiro atoms. The number of hydroxylamine groups is 2. The van der Waals surface area contributed by atoms with Crippen molar-refractivity contribution in [3.8, 4) is 0 Å². The molecule has 4 saturated heterocycles. The van der Waals surface area contributed by atoms with Crippen LogP contribution in [-0.4, -0.2) is 277 Å². The summed E-state index contributed by atoms with van der Waals surface area (Å²) in [6.45, 7) is 10.0. The van der Waals surface area contributed by atoms with Crippen LogP contribution in [0.1, 0.15) is 32.6 Å². The summed E-state index contributed by atoms with van der Waals surface area (Å²) in [5, 5.41) is 28.2. The number of cyclic esters (lactones) is 2. The van der Waals surface area contributed by atoms with Crippen molar-refractivity contribution < 1.29 is 82.3 Å². The normalized spacial score (nSPS) is 22.2. The third kappa shape index (κ3) is 21.1. The molecule has 0 bridgehead atoms. The first-order valence-corrected chi connectivity index (χ1v) is 21.5. The van der Waals surface area contributed by atoms with E-state index in [0.29, 0.717) is 129 Å². The van der Waals surface area contributed by atoms with E-state index in [1.165, 1.54) is 0 Å². The maximum Gasteiger partial charge on any atom is 0.347 e. The highest BCUT2D eigenvalue weighted by atomic mass is 16.7. The van der Waals surface area contributed by atoms with Gasteiger partial charge in [0.1, 0.15) is 19.5 Å². The zero-order valence-electron chi connectivity index (χ0n) is 36.9. The molecule has 4 aliphatic heterocycles. The van der Waals surface area contributed by atoms with E-state index in [1.807, 2.05) is 31.4 Å². The monoisotopic (exact) mass is 929 g/mol. The van der Waals surface area contributed by atoms with Gasteiger partial charge >= 0.3 is 35.8 Å². The van der Waals surface area contributed by atoms with E-state index in [0.717, 1.165) is 6.54 Å². The molecule has 4 heterocycles. The van der Waals surface area contributed by atoms with Crippen LogP contribution in [0.15, 0.2) is 0 Å². The number of amides is 2. The molecular formula is C39H63N9O17. The van der Waals surface area contributed by atoms with Gasteiger partial charge in [0.05, 0.1) is 26.2 Å². The highest BCUT2D eigenvalue weighted by molar-refractivity contribution is 6.01. The summed E-state index contributed by atoms with van der Waals surface area (Å²) in [6.07, 6.45) is 0.499. The molecular weight excluding hydrogens is 866 g/mol. The van der Waals surface area contributed by atoms with Crippen LogP contribution >= 0.6 is 0 Å². The number of nitrogens with zero attached hydrogens (tertiary/aromatic N) is 9. The maximum absolute atomic E-state index is 12.4. The Balaban J connectivity index is 0.000000345. The van der Waals surface area contributed by atoms with Crippen LogP contribution in [-0.2, 0) is 67.0 Å². The van der Waals surface area contributed by atoms with E-state index in [1.54, 1.807) is 9.80 Å². The van der Waals surface area contributed by atoms with Gasteiger partial charge in [-0.05, 0) is 13.0 Å². The van der Waals surface area contributed by atoms with Gasteiger partial charge in [0.25, 0.3) is 24.8 Å². The molecule has 0 aromatic carbocycles. The largest absolute Gasteiger partial charge is 0.480 e. The molecule has 0 aliphatic carbocycles. The smallest absolute Gasteiger partial charge is 0.347 e. The van der Waals surface area contributed by atoms with Gasteiger partial charge in [-0.25, -0.2) is 9.59 Å². The number of carbonyl (C=O) groups excluding carboxylic acids is 7. The molecule has 1 atom stereocenters. The van der Waals surface area contributed by atoms with E-state index in [-0.39, 0.29) is 58.9 Å². The quantitative estimate of drug-likeness (QED) is 0.0410. The van der Waals surface area contributed by atoms with Crippen LogP contribution in [0.4, 0.5) is 0 Å². The zero-order chi connectivity index (χ0) is 47.7. The number of carbonyl (C=O) groups is 10. The fraction of sp³-hybridized carbons (Fsp3) is 0.744. The van der Waals surface area contributed by atoms with Crippen LogP contribution in [0.2, 0.25) is 0 Å². The van der Waals surface area contributed by atoms with Crippen LogP contribution in [0, 0.1) is 0 Å². The van der Waals surface area contributed by atoms with Gasteiger partial charge in [-0.2, -0.15) is 0 Å². The third-order valence-electron chi connectivity index (χ3n) is 11.1. The summed E-state index contributed by atoms with van der Waals surface area (Å²) < 4.78 is 14.5. The molecule has 0 radical (unpaired) electrons. The average Bonchev–Trinajstić information content (AvgIpc) is 3.56. The maximum atomic E-state index is 12.4. The summed E-state index contributed by atoms with van der Waals surface area (Å²) in [4.78, 5) is 134. The Kier molecular flexibility index (Phi) is 24.4. The average molecular weight is 930 g/mol. The number of hydrogen-bond donors (Lipinski definition) is 3. The predicted octanol–water partition coefficient (Wildman–Crippen LogP) is -4.21. The molecule has 1 unspecified atom stereocenters. The summed E-state index contributed by atoms with van der Waals surface area (Å²) in [5.41, 5.74) is 0. The SMILES string of the molecule is CCN1CCN(CC(=O)O)CCN(COC=O)CCN(CC(=O)ON2C(=O)CCC2=O)CC1.O=COCN1CCN(CC(=O)O)CCN(CC(=O)O)CCN(C2CCC(=O)OC2=O)CC1. The molecule has 4 fully saturated rings. The van der Waals surface area contributed by atoms with Gasteiger partial charge in [-0.15, -0.1) is 5.06 Å². The number of esters is 2. The van der Waals surface area contributed by atoms with Crippen molar-refractivity contribution in [3.63, 3.8) is 0 Å². The highest BCUT2D eigenvalue weighted by Crippen LogP contribution is 2.17. The Hall–Kier alpha value is -5.22. The van der Waals surface area contributed by atoms with Gasteiger partial charge in [-0.1, -0.05) is 6.92 Å². The lowest BCUT2D eigenvalue weighted by atomic mass is 10.1. The van der Waals surface area contributed by atoms with Gasteiger partial charge in [0.2, 0.25) is 0 Å². The minimum Gasteiger partial charge on any atom is -0.480 e. The van der Waals surface area contributed by atoms with Crippen LogP contribution in [0.25, 0.3) is 0 Å². The van der Waals surface area contributed by atoms with Crippen LogP contribution in [0.3, 0.4) is 0 Å². The number of carboxylic acid groups (broad SMARTS) is 3. The third-order valence-corrected chi connectivity index (χ3v) is 11.1.